The number of rotatable bonds is 11. The van der Waals surface area contributed by atoms with E-state index in [2.05, 4.69) is 71.3 Å². The van der Waals surface area contributed by atoms with Crippen molar-refractivity contribution in [3.05, 3.63) is 94.1 Å². The van der Waals surface area contributed by atoms with Crippen LogP contribution in [0.4, 0.5) is 9.59 Å². The van der Waals surface area contributed by atoms with E-state index in [1.54, 1.807) is 0 Å². The van der Waals surface area contributed by atoms with E-state index in [9.17, 15) is 19.2 Å². The zero-order valence-electron chi connectivity index (χ0n) is 35.6. The van der Waals surface area contributed by atoms with Crippen LogP contribution in [0.1, 0.15) is 95.6 Å². The molecule has 11 nitrogen and oxygen atoms in total. The number of alkyl carbamates (subject to hydrolysis) is 2. The monoisotopic (exact) mass is 816 g/mol. The number of fused-ring (bicyclic) bond motifs is 1. The van der Waals surface area contributed by atoms with Gasteiger partial charge in [-0.15, -0.1) is 0 Å². The maximum Gasteiger partial charge on any atom is 0.407 e. The lowest BCUT2D eigenvalue weighted by Gasteiger charge is -2.35. The van der Waals surface area contributed by atoms with Gasteiger partial charge in [0, 0.05) is 26.3 Å². The molecule has 3 saturated heterocycles. The van der Waals surface area contributed by atoms with Crippen molar-refractivity contribution < 1.29 is 33.4 Å². The van der Waals surface area contributed by atoms with Crippen molar-refractivity contribution in [1.29, 1.82) is 0 Å². The molecule has 6 aliphatic rings. The van der Waals surface area contributed by atoms with Gasteiger partial charge in [-0.3, -0.25) is 9.59 Å². The summed E-state index contributed by atoms with van der Waals surface area (Å²) in [6.07, 6.45) is 13.4. The molecule has 8 rings (SSSR count). The van der Waals surface area contributed by atoms with E-state index in [4.69, 9.17) is 14.2 Å². The van der Waals surface area contributed by atoms with Gasteiger partial charge in [-0.25, -0.2) is 9.59 Å². The first-order valence-corrected chi connectivity index (χ1v) is 22.1. The highest BCUT2D eigenvalue weighted by atomic mass is 16.5. The summed E-state index contributed by atoms with van der Waals surface area (Å²) in [5.74, 6) is -0.0779. The maximum atomic E-state index is 14.0. The predicted octanol–water partition coefficient (Wildman–Crippen LogP) is 8.22. The topological polar surface area (TPSA) is 127 Å². The van der Waals surface area contributed by atoms with Gasteiger partial charge in [0.05, 0.1) is 26.3 Å². The summed E-state index contributed by atoms with van der Waals surface area (Å²) in [7, 11) is 2.67. The molecule has 2 N–H and O–H groups in total. The van der Waals surface area contributed by atoms with Gasteiger partial charge in [0.2, 0.25) is 11.8 Å². The van der Waals surface area contributed by atoms with E-state index < -0.39 is 24.3 Å². The number of carbonyl (C=O) groups is 4. The lowest BCUT2D eigenvalue weighted by atomic mass is 9.90. The minimum atomic E-state index is -0.621. The number of allylic oxidation sites excluding steroid dienone is 6. The molecule has 60 heavy (non-hydrogen) atoms. The van der Waals surface area contributed by atoms with Crippen molar-refractivity contribution in [2.45, 2.75) is 109 Å². The van der Waals surface area contributed by atoms with Gasteiger partial charge < -0.3 is 34.6 Å². The van der Waals surface area contributed by atoms with E-state index in [0.29, 0.717) is 26.3 Å². The number of nitrogens with zero attached hydrogens (tertiary/aromatic N) is 2. The summed E-state index contributed by atoms with van der Waals surface area (Å²) in [5, 5.41) is 5.66. The van der Waals surface area contributed by atoms with Crippen LogP contribution in [0.25, 0.3) is 22.3 Å². The van der Waals surface area contributed by atoms with Crippen LogP contribution >= 0.6 is 0 Å². The van der Waals surface area contributed by atoms with E-state index in [1.165, 1.54) is 58.8 Å². The van der Waals surface area contributed by atoms with Gasteiger partial charge in [0.15, 0.2) is 0 Å². The average Bonchev–Trinajstić information content (AvgIpc) is 4.13. The van der Waals surface area contributed by atoms with Crippen molar-refractivity contribution in [2.75, 3.05) is 40.5 Å². The lowest BCUT2D eigenvalue weighted by molar-refractivity contribution is -0.136. The molecule has 4 amide bonds. The van der Waals surface area contributed by atoms with Crippen LogP contribution in [0.5, 0.6) is 0 Å². The van der Waals surface area contributed by atoms with E-state index in [-0.39, 0.29) is 35.7 Å². The highest BCUT2D eigenvalue weighted by Crippen LogP contribution is 2.50. The quantitative estimate of drug-likeness (QED) is 0.234. The largest absolute Gasteiger partial charge is 0.453 e. The van der Waals surface area contributed by atoms with E-state index in [1.807, 2.05) is 23.6 Å². The average molecular weight is 817 g/mol. The first-order chi connectivity index (χ1) is 29.1. The van der Waals surface area contributed by atoms with Crippen LogP contribution in [0.2, 0.25) is 0 Å². The number of hydrogen-bond donors (Lipinski definition) is 2. The first kappa shape index (κ1) is 41.6. The summed E-state index contributed by atoms with van der Waals surface area (Å²) >= 11 is 0. The summed E-state index contributed by atoms with van der Waals surface area (Å²) in [6, 6.07) is 16.6. The smallest absolute Gasteiger partial charge is 0.407 e. The Bertz CT molecular complexity index is 2090. The lowest BCUT2D eigenvalue weighted by Crippen LogP contribution is -2.54. The molecule has 4 fully saturated rings. The maximum absolute atomic E-state index is 14.0. The molecule has 0 aromatic heterocycles. The zero-order chi connectivity index (χ0) is 41.9. The van der Waals surface area contributed by atoms with Gasteiger partial charge >= 0.3 is 12.2 Å². The van der Waals surface area contributed by atoms with Gasteiger partial charge in [-0.1, -0.05) is 74.5 Å². The highest BCUT2D eigenvalue weighted by Gasteiger charge is 2.42. The molecule has 0 radical (unpaired) electrons. The number of benzene rings is 2. The molecule has 2 aromatic carbocycles. The SMILES string of the molecule is COC(=O)NC(C(=O)N1CCCC1C1=CC=C(c2ccc(-c3ccc(C4=C5CCCC5=C(C5CCCN5C(=O)[C@H](NC(=O)OC)C(C)C)C4)cc3)cc2)C1)C1CCOCC1. The Morgan fingerprint density at radius 2 is 1.23 bits per heavy atom. The summed E-state index contributed by atoms with van der Waals surface area (Å²) in [5.41, 5.74) is 12.9. The van der Waals surface area contributed by atoms with E-state index >= 15 is 0 Å². The molecule has 318 valence electrons. The number of hydrogen-bond acceptors (Lipinski definition) is 7. The van der Waals surface area contributed by atoms with Crippen molar-refractivity contribution >= 4 is 35.1 Å². The molecular weight excluding hydrogens is 757 g/mol. The van der Waals surface area contributed by atoms with Crippen LogP contribution in [0.3, 0.4) is 0 Å². The molecule has 3 aliphatic carbocycles. The minimum absolute atomic E-state index is 0.0143. The second kappa shape index (κ2) is 18.2. The number of ether oxygens (including phenoxy) is 3. The van der Waals surface area contributed by atoms with E-state index in [0.717, 1.165) is 81.8 Å². The van der Waals surface area contributed by atoms with Crippen LogP contribution in [-0.2, 0) is 23.8 Å². The second-order valence-corrected chi connectivity index (χ2v) is 17.6. The third-order valence-corrected chi connectivity index (χ3v) is 13.8. The Morgan fingerprint density at radius 3 is 1.88 bits per heavy atom. The molecule has 3 aliphatic heterocycles. The van der Waals surface area contributed by atoms with Crippen LogP contribution in [0.15, 0.2) is 83.0 Å². The third-order valence-electron chi connectivity index (χ3n) is 13.8. The third kappa shape index (κ3) is 8.42. The molecule has 3 heterocycles. The number of amides is 4. The molecule has 2 aromatic rings. The molecule has 11 heteroatoms. The fourth-order valence-electron chi connectivity index (χ4n) is 10.6. The Morgan fingerprint density at radius 1 is 0.650 bits per heavy atom. The summed E-state index contributed by atoms with van der Waals surface area (Å²) < 4.78 is 15.3. The molecule has 4 atom stereocenters. The Kier molecular flexibility index (Phi) is 12.6. The molecular formula is C49H60N4O7. The molecule has 1 saturated carbocycles. The number of nitrogens with one attached hydrogen (secondary N) is 2. The van der Waals surface area contributed by atoms with Gasteiger partial charge in [0.1, 0.15) is 12.1 Å². The van der Waals surface area contributed by atoms with Gasteiger partial charge in [0.25, 0.3) is 0 Å². The van der Waals surface area contributed by atoms with Gasteiger partial charge in [-0.05, 0) is 138 Å². The minimum Gasteiger partial charge on any atom is -0.453 e. The number of methoxy groups -OCH3 is 2. The zero-order valence-corrected chi connectivity index (χ0v) is 35.6. The van der Waals surface area contributed by atoms with Crippen LogP contribution in [0, 0.1) is 11.8 Å². The second-order valence-electron chi connectivity index (χ2n) is 17.6. The highest BCUT2D eigenvalue weighted by molar-refractivity contribution is 5.89. The predicted molar refractivity (Wildman–Crippen MR) is 231 cm³/mol. The fourth-order valence-corrected chi connectivity index (χ4v) is 10.6. The van der Waals surface area contributed by atoms with Crippen molar-refractivity contribution in [2.24, 2.45) is 11.8 Å². The Hall–Kier alpha value is -5.16. The van der Waals surface area contributed by atoms with Gasteiger partial charge in [-0.2, -0.15) is 0 Å². The van der Waals surface area contributed by atoms with Crippen LogP contribution < -0.4 is 10.6 Å². The van der Waals surface area contributed by atoms with Crippen molar-refractivity contribution in [1.82, 2.24) is 20.4 Å². The normalized spacial score (nSPS) is 22.8. The van der Waals surface area contributed by atoms with Crippen molar-refractivity contribution in [3.63, 3.8) is 0 Å². The summed E-state index contributed by atoms with van der Waals surface area (Å²) in [4.78, 5) is 56.4. The Labute approximate surface area is 354 Å². The summed E-state index contributed by atoms with van der Waals surface area (Å²) in [6.45, 7) is 6.49. The number of likely N-dealkylation sites (tertiary alicyclic amines) is 2. The van der Waals surface area contributed by atoms with Crippen LogP contribution in [-0.4, -0.2) is 98.5 Å². The standard InChI is InChI=1S/C49H60N4O7/c1-30(2)44(50-48(56)58-3)46(54)53-25-7-11-43(53)41-29-40(38-8-5-9-39(38)41)34-18-16-32(17-19-34)31-12-14-33(15-13-31)36-20-21-37(28-36)42-10-6-24-52(42)47(55)45(51-49(57)59-4)35-22-26-60-27-23-35/h12-21,30,35,42-45H,5-11,22-29H2,1-4H3,(H,50,56)(H,51,57)/t42?,43?,44-,45?/m1/s1. The molecule has 0 bridgehead atoms. The molecule has 3 unspecified atom stereocenters. The van der Waals surface area contributed by atoms with Crippen molar-refractivity contribution in [3.8, 4) is 11.1 Å². The first-order valence-electron chi connectivity index (χ1n) is 22.1. The Balaban J connectivity index is 0.905. The number of carbonyl (C=O) groups excluding carboxylic acids is 4. The molecule has 0 spiro atoms. The fraction of sp³-hybridized carbons (Fsp3) is 0.510.